The Balaban J connectivity index is 1.73. The lowest BCUT2D eigenvalue weighted by Crippen LogP contribution is -2.27. The highest BCUT2D eigenvalue weighted by molar-refractivity contribution is 6.32. The van der Waals surface area contributed by atoms with Crippen LogP contribution < -0.4 is 5.32 Å². The SMILES string of the molecule is O=C(Nc1ccc(Cl)c([N+](=O)[O-])c1)[C@@H]1C[C@@H]2CC[C@@H]1C2. The number of halogens is 1. The van der Waals surface area contributed by atoms with Crippen molar-refractivity contribution in [3.8, 4) is 0 Å². The second-order valence-electron chi connectivity index (χ2n) is 5.69. The molecule has 2 fully saturated rings. The van der Waals surface area contributed by atoms with Crippen LogP contribution in [0, 0.1) is 27.9 Å². The number of fused-ring (bicyclic) bond motifs is 2. The monoisotopic (exact) mass is 294 g/mol. The van der Waals surface area contributed by atoms with Gasteiger partial charge in [0.2, 0.25) is 5.91 Å². The lowest BCUT2D eigenvalue weighted by molar-refractivity contribution is -0.384. The Morgan fingerprint density at radius 2 is 2.15 bits per heavy atom. The summed E-state index contributed by atoms with van der Waals surface area (Å²) in [5.41, 5.74) is 0.256. The van der Waals surface area contributed by atoms with E-state index in [2.05, 4.69) is 5.32 Å². The van der Waals surface area contributed by atoms with Gasteiger partial charge in [-0.1, -0.05) is 18.0 Å². The van der Waals surface area contributed by atoms with Gasteiger partial charge in [0.15, 0.2) is 0 Å². The third kappa shape index (κ3) is 2.38. The smallest absolute Gasteiger partial charge is 0.289 e. The number of carbonyl (C=O) groups excluding carboxylic acids is 1. The van der Waals surface area contributed by atoms with Crippen LogP contribution in [0.15, 0.2) is 18.2 Å². The molecule has 0 unspecified atom stereocenters. The summed E-state index contributed by atoms with van der Waals surface area (Å²) < 4.78 is 0. The molecule has 3 atom stereocenters. The number of amides is 1. The number of nitro benzene ring substituents is 1. The van der Waals surface area contributed by atoms with E-state index in [9.17, 15) is 14.9 Å². The van der Waals surface area contributed by atoms with E-state index in [1.165, 1.54) is 18.6 Å². The molecule has 106 valence electrons. The average molecular weight is 295 g/mol. The summed E-state index contributed by atoms with van der Waals surface area (Å²) in [6.07, 6.45) is 4.47. The quantitative estimate of drug-likeness (QED) is 0.683. The summed E-state index contributed by atoms with van der Waals surface area (Å²) in [4.78, 5) is 22.5. The maximum absolute atomic E-state index is 12.3. The van der Waals surface area contributed by atoms with Crippen LogP contribution in [0.5, 0.6) is 0 Å². The molecule has 1 aromatic rings. The topological polar surface area (TPSA) is 72.2 Å². The van der Waals surface area contributed by atoms with Crippen LogP contribution >= 0.6 is 11.6 Å². The van der Waals surface area contributed by atoms with E-state index in [1.54, 1.807) is 6.07 Å². The van der Waals surface area contributed by atoms with Crippen molar-refractivity contribution in [2.75, 3.05) is 5.32 Å². The van der Waals surface area contributed by atoms with Crippen molar-refractivity contribution in [1.29, 1.82) is 0 Å². The second kappa shape index (κ2) is 5.05. The van der Waals surface area contributed by atoms with E-state index in [-0.39, 0.29) is 22.5 Å². The number of nitrogens with one attached hydrogen (secondary N) is 1. The molecule has 2 aliphatic rings. The molecule has 0 spiro atoms. The van der Waals surface area contributed by atoms with Crippen LogP contribution in [0.3, 0.4) is 0 Å². The molecule has 1 amide bonds. The van der Waals surface area contributed by atoms with Crippen molar-refractivity contribution in [2.45, 2.75) is 25.7 Å². The highest BCUT2D eigenvalue weighted by Gasteiger charge is 2.43. The van der Waals surface area contributed by atoms with Gasteiger partial charge in [-0.25, -0.2) is 0 Å². The standard InChI is InChI=1S/C14H15ClN2O3/c15-12-4-3-10(7-13(12)17(19)20)16-14(18)11-6-8-1-2-9(11)5-8/h3-4,7-9,11H,1-2,5-6H2,(H,16,18)/t8-,9-,11-/m1/s1. The van der Waals surface area contributed by atoms with Crippen molar-refractivity contribution >= 4 is 28.9 Å². The maximum Gasteiger partial charge on any atom is 0.289 e. The zero-order chi connectivity index (χ0) is 14.3. The third-order valence-electron chi connectivity index (χ3n) is 4.49. The molecule has 6 heteroatoms. The Labute approximate surface area is 121 Å². The Morgan fingerprint density at radius 1 is 1.35 bits per heavy atom. The number of nitrogens with zero attached hydrogens (tertiary/aromatic N) is 1. The van der Waals surface area contributed by atoms with Gasteiger partial charge in [-0.05, 0) is 43.2 Å². The van der Waals surface area contributed by atoms with Crippen molar-refractivity contribution in [2.24, 2.45) is 17.8 Å². The molecule has 2 aliphatic carbocycles. The van der Waals surface area contributed by atoms with E-state index in [0.717, 1.165) is 19.3 Å². The van der Waals surface area contributed by atoms with E-state index >= 15 is 0 Å². The first-order valence-corrected chi connectivity index (χ1v) is 7.17. The van der Waals surface area contributed by atoms with Crippen molar-refractivity contribution < 1.29 is 9.72 Å². The largest absolute Gasteiger partial charge is 0.326 e. The molecule has 5 nitrogen and oxygen atoms in total. The number of benzene rings is 1. The van der Waals surface area contributed by atoms with Crippen molar-refractivity contribution in [1.82, 2.24) is 0 Å². The summed E-state index contributed by atoms with van der Waals surface area (Å²) in [5.74, 6) is 1.22. The van der Waals surface area contributed by atoms with Crippen LogP contribution in [0.4, 0.5) is 11.4 Å². The molecule has 0 aliphatic heterocycles. The normalized spacial score (nSPS) is 27.6. The number of hydrogen-bond acceptors (Lipinski definition) is 3. The van der Waals surface area contributed by atoms with Gasteiger partial charge in [0.05, 0.1) is 4.92 Å². The highest BCUT2D eigenvalue weighted by atomic mass is 35.5. The fourth-order valence-corrected chi connectivity index (χ4v) is 3.72. The molecule has 1 aromatic carbocycles. The number of nitro groups is 1. The minimum atomic E-state index is -0.546. The van der Waals surface area contributed by atoms with Gasteiger partial charge in [-0.2, -0.15) is 0 Å². The molecule has 0 saturated heterocycles. The fraction of sp³-hybridized carbons (Fsp3) is 0.500. The molecule has 0 aromatic heterocycles. The van der Waals surface area contributed by atoms with Gasteiger partial charge in [0.25, 0.3) is 5.69 Å². The Hall–Kier alpha value is -1.62. The molecule has 20 heavy (non-hydrogen) atoms. The van der Waals surface area contributed by atoms with Gasteiger partial charge in [-0.15, -0.1) is 0 Å². The first kappa shape index (κ1) is 13.4. The lowest BCUT2D eigenvalue weighted by atomic mass is 9.88. The Morgan fingerprint density at radius 3 is 2.75 bits per heavy atom. The van der Waals surface area contributed by atoms with E-state index in [4.69, 9.17) is 11.6 Å². The number of carbonyl (C=O) groups is 1. The van der Waals surface area contributed by atoms with Gasteiger partial charge >= 0.3 is 0 Å². The van der Waals surface area contributed by atoms with Crippen LogP contribution in [0.1, 0.15) is 25.7 Å². The molecule has 2 saturated carbocycles. The first-order chi connectivity index (χ1) is 9.54. The highest BCUT2D eigenvalue weighted by Crippen LogP contribution is 2.48. The fourth-order valence-electron chi connectivity index (χ4n) is 3.53. The summed E-state index contributed by atoms with van der Waals surface area (Å²) in [5, 5.41) is 13.7. The van der Waals surface area contributed by atoms with Crippen molar-refractivity contribution in [3.63, 3.8) is 0 Å². The van der Waals surface area contributed by atoms with Gasteiger partial charge in [0, 0.05) is 17.7 Å². The Bertz CT molecular complexity index is 576. The van der Waals surface area contributed by atoms with Crippen LogP contribution in [-0.4, -0.2) is 10.8 Å². The second-order valence-corrected chi connectivity index (χ2v) is 6.10. The van der Waals surface area contributed by atoms with Crippen LogP contribution in [0.25, 0.3) is 0 Å². The summed E-state index contributed by atoms with van der Waals surface area (Å²) >= 11 is 5.75. The van der Waals surface area contributed by atoms with E-state index < -0.39 is 4.92 Å². The van der Waals surface area contributed by atoms with Gasteiger partial charge < -0.3 is 5.32 Å². The molecule has 1 N–H and O–H groups in total. The molecule has 3 rings (SSSR count). The van der Waals surface area contributed by atoms with Crippen LogP contribution in [-0.2, 0) is 4.79 Å². The summed E-state index contributed by atoms with van der Waals surface area (Å²) in [6, 6.07) is 4.35. The predicted octanol–water partition coefficient (Wildman–Crippen LogP) is 3.62. The zero-order valence-electron chi connectivity index (χ0n) is 10.8. The van der Waals surface area contributed by atoms with Crippen molar-refractivity contribution in [3.05, 3.63) is 33.3 Å². The molecular formula is C14H15ClN2O3. The Kier molecular flexibility index (Phi) is 3.38. The molecule has 2 bridgehead atoms. The molecule has 0 heterocycles. The number of hydrogen-bond donors (Lipinski definition) is 1. The van der Waals surface area contributed by atoms with E-state index in [0.29, 0.717) is 17.5 Å². The minimum Gasteiger partial charge on any atom is -0.326 e. The zero-order valence-corrected chi connectivity index (χ0v) is 11.6. The number of anilines is 1. The summed E-state index contributed by atoms with van der Waals surface area (Å²) in [6.45, 7) is 0. The number of rotatable bonds is 3. The first-order valence-electron chi connectivity index (χ1n) is 6.79. The van der Waals surface area contributed by atoms with Gasteiger partial charge in [0.1, 0.15) is 5.02 Å². The summed E-state index contributed by atoms with van der Waals surface area (Å²) in [7, 11) is 0. The predicted molar refractivity (Wildman–Crippen MR) is 75.7 cm³/mol. The minimum absolute atomic E-state index is 0.0196. The molecular weight excluding hydrogens is 280 g/mol. The van der Waals surface area contributed by atoms with E-state index in [1.807, 2.05) is 0 Å². The average Bonchev–Trinajstić information content (AvgIpc) is 3.03. The van der Waals surface area contributed by atoms with Gasteiger partial charge in [-0.3, -0.25) is 14.9 Å². The third-order valence-corrected chi connectivity index (χ3v) is 4.80. The molecule has 0 radical (unpaired) electrons. The maximum atomic E-state index is 12.3. The van der Waals surface area contributed by atoms with Crippen LogP contribution in [0.2, 0.25) is 5.02 Å². The lowest BCUT2D eigenvalue weighted by Gasteiger charge is -2.20.